The van der Waals surface area contributed by atoms with Gasteiger partial charge in [0.15, 0.2) is 0 Å². The Hall–Kier alpha value is -1.64. The highest BCUT2D eigenvalue weighted by molar-refractivity contribution is 7.17. The Labute approximate surface area is 113 Å². The molecule has 0 aliphatic carbocycles. The van der Waals surface area contributed by atoms with Gasteiger partial charge in [-0.25, -0.2) is 4.98 Å². The Morgan fingerprint density at radius 1 is 1.00 bits per heavy atom. The quantitative estimate of drug-likeness (QED) is 0.427. The van der Waals surface area contributed by atoms with Crippen LogP contribution in [0, 0.1) is 0 Å². The van der Waals surface area contributed by atoms with Gasteiger partial charge in [0.25, 0.3) is 0 Å². The number of halogens is 1. The van der Waals surface area contributed by atoms with Gasteiger partial charge in [0.1, 0.15) is 0 Å². The van der Waals surface area contributed by atoms with Gasteiger partial charge < -0.3 is 0 Å². The van der Waals surface area contributed by atoms with Gasteiger partial charge in [-0.3, -0.25) is 0 Å². The summed E-state index contributed by atoms with van der Waals surface area (Å²) in [5, 5.41) is 5.29. The van der Waals surface area contributed by atoms with Crippen molar-refractivity contribution >= 4 is 43.9 Å². The first-order chi connectivity index (χ1) is 8.83. The van der Waals surface area contributed by atoms with Gasteiger partial charge in [-0.1, -0.05) is 29.8 Å². The van der Waals surface area contributed by atoms with E-state index in [9.17, 15) is 0 Å². The van der Waals surface area contributed by atoms with E-state index in [4.69, 9.17) is 16.6 Å². The van der Waals surface area contributed by atoms with Gasteiger partial charge in [-0.15, -0.1) is 11.3 Å². The van der Waals surface area contributed by atoms with Crippen LogP contribution in [0.4, 0.5) is 0 Å². The molecular formula is C15H8ClNS. The molecule has 0 fully saturated rings. The van der Waals surface area contributed by atoms with E-state index in [0.717, 1.165) is 21.6 Å². The van der Waals surface area contributed by atoms with Crippen molar-refractivity contribution in [2.75, 3.05) is 0 Å². The van der Waals surface area contributed by atoms with Crippen LogP contribution in [0.1, 0.15) is 0 Å². The van der Waals surface area contributed by atoms with E-state index in [1.165, 1.54) is 15.6 Å². The Bertz CT molecular complexity index is 850. The summed E-state index contributed by atoms with van der Waals surface area (Å²) in [7, 11) is 0. The summed E-state index contributed by atoms with van der Waals surface area (Å²) in [4.78, 5) is 4.73. The van der Waals surface area contributed by atoms with E-state index in [1.807, 2.05) is 18.2 Å². The van der Waals surface area contributed by atoms with Gasteiger partial charge >= 0.3 is 0 Å². The maximum absolute atomic E-state index is 6.09. The number of para-hydroxylation sites is 1. The van der Waals surface area contributed by atoms with Crippen molar-refractivity contribution in [1.82, 2.24) is 4.98 Å². The summed E-state index contributed by atoms with van der Waals surface area (Å²) in [6.45, 7) is 0. The third-order valence-corrected chi connectivity index (χ3v) is 4.38. The van der Waals surface area contributed by atoms with Crippen LogP contribution in [0.2, 0.25) is 5.02 Å². The minimum atomic E-state index is 0.759. The Morgan fingerprint density at radius 3 is 2.83 bits per heavy atom. The van der Waals surface area contributed by atoms with Gasteiger partial charge in [0.05, 0.1) is 11.2 Å². The molecule has 2 aliphatic heterocycles. The van der Waals surface area contributed by atoms with Crippen molar-refractivity contribution in [3.05, 3.63) is 52.9 Å². The molecule has 3 heteroatoms. The Kier molecular flexibility index (Phi) is 2.10. The summed E-state index contributed by atoms with van der Waals surface area (Å²) >= 11 is 7.83. The molecular weight excluding hydrogens is 262 g/mol. The SMILES string of the molecule is Clc1ccc2scc3c4ccccc4nc-3c2c1. The normalized spacial score (nSPS) is 11.6. The number of aromatic nitrogens is 1. The molecule has 0 bridgehead atoms. The van der Waals surface area contributed by atoms with E-state index >= 15 is 0 Å². The first-order valence-electron chi connectivity index (χ1n) is 5.68. The van der Waals surface area contributed by atoms with Gasteiger partial charge in [0, 0.05) is 31.4 Å². The number of benzene rings is 2. The van der Waals surface area contributed by atoms with Crippen LogP contribution in [0.25, 0.3) is 32.2 Å². The molecule has 0 saturated carbocycles. The van der Waals surface area contributed by atoms with Crippen LogP contribution in [-0.4, -0.2) is 4.98 Å². The number of fused-ring (bicyclic) bond motifs is 5. The van der Waals surface area contributed by atoms with Crippen LogP contribution >= 0.6 is 22.9 Å². The summed E-state index contributed by atoms with van der Waals surface area (Å²) in [5.74, 6) is 0. The van der Waals surface area contributed by atoms with Crippen LogP contribution in [-0.2, 0) is 0 Å². The number of rotatable bonds is 0. The molecule has 86 valence electrons. The zero-order valence-corrected chi connectivity index (χ0v) is 10.9. The van der Waals surface area contributed by atoms with Crippen LogP contribution in [0.15, 0.2) is 47.8 Å². The van der Waals surface area contributed by atoms with Crippen LogP contribution in [0.3, 0.4) is 0 Å². The minimum Gasteiger partial charge on any atom is -0.247 e. The second-order valence-electron chi connectivity index (χ2n) is 4.27. The molecule has 0 unspecified atom stereocenters. The lowest BCUT2D eigenvalue weighted by Gasteiger charge is -2.03. The molecule has 2 aromatic rings. The summed E-state index contributed by atoms with van der Waals surface area (Å²) < 4.78 is 1.22. The fourth-order valence-corrected chi connectivity index (χ4v) is 3.43. The van der Waals surface area contributed by atoms with Crippen molar-refractivity contribution in [2.45, 2.75) is 0 Å². The summed E-state index contributed by atoms with van der Waals surface area (Å²) in [5.41, 5.74) is 3.31. The van der Waals surface area contributed by atoms with Crippen molar-refractivity contribution in [3.63, 3.8) is 0 Å². The Balaban J connectivity index is 2.25. The van der Waals surface area contributed by atoms with E-state index in [-0.39, 0.29) is 0 Å². The summed E-state index contributed by atoms with van der Waals surface area (Å²) in [6.07, 6.45) is 0. The average Bonchev–Trinajstić information content (AvgIpc) is 2.78. The number of nitrogens with zero attached hydrogens (tertiary/aromatic N) is 1. The van der Waals surface area contributed by atoms with Crippen LogP contribution in [0.5, 0.6) is 0 Å². The highest BCUT2D eigenvalue weighted by Crippen LogP contribution is 2.39. The zero-order chi connectivity index (χ0) is 12.1. The van der Waals surface area contributed by atoms with E-state index in [1.54, 1.807) is 11.3 Å². The van der Waals surface area contributed by atoms with Crippen molar-refractivity contribution in [1.29, 1.82) is 0 Å². The molecule has 1 nitrogen and oxygen atoms in total. The van der Waals surface area contributed by atoms with Gasteiger partial charge in [-0.2, -0.15) is 0 Å². The molecule has 0 spiro atoms. The maximum atomic E-state index is 6.09. The monoisotopic (exact) mass is 269 g/mol. The third kappa shape index (κ3) is 1.36. The first kappa shape index (κ1) is 10.3. The fourth-order valence-electron chi connectivity index (χ4n) is 2.34. The average molecular weight is 270 g/mol. The van der Waals surface area contributed by atoms with E-state index in [2.05, 4.69) is 29.6 Å². The van der Waals surface area contributed by atoms with Gasteiger partial charge in [-0.05, 0) is 24.3 Å². The number of hydrogen-bond donors (Lipinski definition) is 0. The largest absolute Gasteiger partial charge is 0.247 e. The molecule has 0 saturated heterocycles. The van der Waals surface area contributed by atoms with Crippen molar-refractivity contribution in [3.8, 4) is 11.3 Å². The molecule has 0 amide bonds. The lowest BCUT2D eigenvalue weighted by atomic mass is 10.1. The standard InChI is InChI=1S/C15H8ClNS/c16-9-5-6-14-11(7-9)15-12(8-18-14)10-3-1-2-4-13(10)17-15/h1-8H. The molecule has 18 heavy (non-hydrogen) atoms. The molecule has 2 aromatic carbocycles. The molecule has 0 aromatic heterocycles. The highest BCUT2D eigenvalue weighted by atomic mass is 35.5. The zero-order valence-electron chi connectivity index (χ0n) is 9.35. The molecule has 0 N–H and O–H groups in total. The lowest BCUT2D eigenvalue weighted by molar-refractivity contribution is 1.49. The summed E-state index contributed by atoms with van der Waals surface area (Å²) in [6, 6.07) is 14.2. The fraction of sp³-hybridized carbons (Fsp3) is 0. The predicted molar refractivity (Wildman–Crippen MR) is 78.8 cm³/mol. The molecule has 2 heterocycles. The Morgan fingerprint density at radius 2 is 1.89 bits per heavy atom. The maximum Gasteiger partial charge on any atom is 0.0811 e. The third-order valence-electron chi connectivity index (χ3n) is 3.18. The lowest BCUT2D eigenvalue weighted by Crippen LogP contribution is -1.79. The minimum absolute atomic E-state index is 0.759. The smallest absolute Gasteiger partial charge is 0.0811 e. The highest BCUT2D eigenvalue weighted by Gasteiger charge is 2.14. The first-order valence-corrected chi connectivity index (χ1v) is 6.94. The second kappa shape index (κ2) is 3.67. The molecule has 4 rings (SSSR count). The van der Waals surface area contributed by atoms with Crippen molar-refractivity contribution < 1.29 is 0 Å². The van der Waals surface area contributed by atoms with E-state index in [0.29, 0.717) is 0 Å². The van der Waals surface area contributed by atoms with Crippen molar-refractivity contribution in [2.24, 2.45) is 0 Å². The van der Waals surface area contributed by atoms with E-state index < -0.39 is 0 Å². The molecule has 2 aliphatic rings. The molecule has 0 atom stereocenters. The number of hydrogen-bond acceptors (Lipinski definition) is 2. The van der Waals surface area contributed by atoms with Gasteiger partial charge in [0.2, 0.25) is 0 Å². The molecule has 0 radical (unpaired) electrons. The van der Waals surface area contributed by atoms with Crippen LogP contribution < -0.4 is 0 Å². The second-order valence-corrected chi connectivity index (χ2v) is 5.62. The predicted octanol–water partition coefficient (Wildman–Crippen LogP) is 5.21. The topological polar surface area (TPSA) is 12.9 Å².